The van der Waals surface area contributed by atoms with Crippen LogP contribution < -0.4 is 9.47 Å². The monoisotopic (exact) mass is 412 g/mol. The van der Waals surface area contributed by atoms with Crippen molar-refractivity contribution in [1.82, 2.24) is 0 Å². The molecule has 31 heavy (non-hydrogen) atoms. The summed E-state index contributed by atoms with van der Waals surface area (Å²) in [6.45, 7) is 9.32. The van der Waals surface area contributed by atoms with Crippen LogP contribution in [0.2, 0.25) is 0 Å². The molecule has 0 N–H and O–H groups in total. The van der Waals surface area contributed by atoms with E-state index in [1.165, 1.54) is 5.56 Å². The fourth-order valence-electron chi connectivity index (χ4n) is 3.16. The minimum Gasteiger partial charge on any atom is -0.489 e. The summed E-state index contributed by atoms with van der Waals surface area (Å²) in [5.41, 5.74) is 6.01. The maximum atomic E-state index is 11.3. The molecule has 0 saturated carbocycles. The molecule has 0 atom stereocenters. The number of carbonyl (C=O) groups is 2. The van der Waals surface area contributed by atoms with Crippen molar-refractivity contribution in [3.63, 3.8) is 0 Å². The van der Waals surface area contributed by atoms with Gasteiger partial charge in [-0.05, 0) is 58.5 Å². The van der Waals surface area contributed by atoms with Gasteiger partial charge in [0.2, 0.25) is 0 Å². The second-order valence-electron chi connectivity index (χ2n) is 6.96. The van der Waals surface area contributed by atoms with Gasteiger partial charge >= 0.3 is 5.97 Å². The lowest BCUT2D eigenvalue weighted by Gasteiger charge is -2.12. The Labute approximate surface area is 182 Å². The Hall–Kier alpha value is -3.92. The Kier molecular flexibility index (Phi) is 7.17. The lowest BCUT2D eigenvalue weighted by Crippen LogP contribution is -2.02. The standard InChI is InChI=1S/C27H24O4/c1-4-20-16-23(21-6-13-25(14-7-21)31-27(29)5-2)10-15-26(20)22-8-11-24(12-9-22)30-18-19(3)17-28/h5-17H,2-4,18H2,1H3. The maximum Gasteiger partial charge on any atom is 0.335 e. The molecular formula is C27H24O4. The Bertz CT molecular complexity index is 1090. The molecule has 3 aromatic carbocycles. The van der Waals surface area contributed by atoms with Crippen LogP contribution in [-0.2, 0) is 16.0 Å². The number of aldehydes is 1. The molecule has 0 aliphatic carbocycles. The molecule has 4 nitrogen and oxygen atoms in total. The molecule has 3 aromatic rings. The zero-order valence-corrected chi connectivity index (χ0v) is 17.5. The van der Waals surface area contributed by atoms with Gasteiger partial charge in [0.05, 0.1) is 0 Å². The largest absolute Gasteiger partial charge is 0.489 e. The topological polar surface area (TPSA) is 52.6 Å². The van der Waals surface area contributed by atoms with Crippen LogP contribution in [-0.4, -0.2) is 18.9 Å². The highest BCUT2D eigenvalue weighted by Gasteiger charge is 2.08. The van der Waals surface area contributed by atoms with Gasteiger partial charge in [0.25, 0.3) is 0 Å². The molecule has 0 unspecified atom stereocenters. The van der Waals surface area contributed by atoms with E-state index in [1.54, 1.807) is 12.1 Å². The molecule has 0 aliphatic heterocycles. The molecule has 0 saturated heterocycles. The predicted molar refractivity (Wildman–Crippen MR) is 123 cm³/mol. The zero-order chi connectivity index (χ0) is 22.2. The number of esters is 1. The van der Waals surface area contributed by atoms with Crippen LogP contribution in [0, 0.1) is 0 Å². The van der Waals surface area contributed by atoms with Crippen LogP contribution >= 0.6 is 0 Å². The smallest absolute Gasteiger partial charge is 0.335 e. The highest BCUT2D eigenvalue weighted by Crippen LogP contribution is 2.31. The number of rotatable bonds is 9. The molecule has 0 amide bonds. The van der Waals surface area contributed by atoms with Crippen LogP contribution in [0.4, 0.5) is 0 Å². The number of aryl methyl sites for hydroxylation is 1. The molecular weight excluding hydrogens is 388 g/mol. The van der Waals surface area contributed by atoms with E-state index in [0.717, 1.165) is 34.8 Å². The Morgan fingerprint density at radius 2 is 1.52 bits per heavy atom. The molecule has 0 fully saturated rings. The Balaban J connectivity index is 1.80. The third-order valence-corrected chi connectivity index (χ3v) is 4.82. The van der Waals surface area contributed by atoms with Crippen molar-refractivity contribution in [3.05, 3.63) is 97.1 Å². The highest BCUT2D eigenvalue weighted by atomic mass is 16.5. The molecule has 0 radical (unpaired) electrons. The third kappa shape index (κ3) is 5.58. The van der Waals surface area contributed by atoms with Gasteiger partial charge in [0, 0.05) is 11.6 Å². The molecule has 4 heteroatoms. The van der Waals surface area contributed by atoms with Gasteiger partial charge in [-0.25, -0.2) is 4.79 Å². The second-order valence-corrected chi connectivity index (χ2v) is 6.96. The third-order valence-electron chi connectivity index (χ3n) is 4.82. The van der Waals surface area contributed by atoms with Crippen LogP contribution in [0.25, 0.3) is 22.3 Å². The first-order valence-electron chi connectivity index (χ1n) is 9.98. The first-order chi connectivity index (χ1) is 15.0. The molecule has 0 aromatic heterocycles. The van der Waals surface area contributed by atoms with Gasteiger partial charge < -0.3 is 9.47 Å². The van der Waals surface area contributed by atoms with Crippen LogP contribution in [0.15, 0.2) is 91.5 Å². The minimum atomic E-state index is -0.476. The fraction of sp³-hybridized carbons (Fsp3) is 0.111. The average molecular weight is 412 g/mol. The number of benzene rings is 3. The van der Waals surface area contributed by atoms with Crippen molar-refractivity contribution in [2.75, 3.05) is 6.61 Å². The number of ether oxygens (including phenoxy) is 2. The summed E-state index contributed by atoms with van der Waals surface area (Å²) >= 11 is 0. The van der Waals surface area contributed by atoms with Gasteiger partial charge in [-0.2, -0.15) is 0 Å². The summed E-state index contributed by atoms with van der Waals surface area (Å²) in [6.07, 6.45) is 2.72. The first-order valence-corrected chi connectivity index (χ1v) is 9.98. The molecule has 0 heterocycles. The summed E-state index contributed by atoms with van der Waals surface area (Å²) in [7, 11) is 0. The normalized spacial score (nSPS) is 10.2. The summed E-state index contributed by atoms with van der Waals surface area (Å²) in [5.74, 6) is 0.703. The summed E-state index contributed by atoms with van der Waals surface area (Å²) in [4.78, 5) is 22.0. The molecule has 0 spiro atoms. The molecule has 3 rings (SSSR count). The average Bonchev–Trinajstić information content (AvgIpc) is 2.82. The summed E-state index contributed by atoms with van der Waals surface area (Å²) in [6, 6.07) is 21.6. The summed E-state index contributed by atoms with van der Waals surface area (Å²) < 4.78 is 10.7. The lowest BCUT2D eigenvalue weighted by molar-refractivity contribution is -0.128. The SMILES string of the molecule is C=CC(=O)Oc1ccc(-c2ccc(-c3ccc(OCC(=C)C=O)cc3)c(CC)c2)cc1. The summed E-state index contributed by atoms with van der Waals surface area (Å²) in [5, 5.41) is 0. The van der Waals surface area contributed by atoms with Crippen molar-refractivity contribution in [1.29, 1.82) is 0 Å². The van der Waals surface area contributed by atoms with E-state index in [0.29, 0.717) is 23.4 Å². The number of hydrogen-bond donors (Lipinski definition) is 0. The van der Waals surface area contributed by atoms with E-state index in [2.05, 4.69) is 38.3 Å². The van der Waals surface area contributed by atoms with Crippen LogP contribution in [0.3, 0.4) is 0 Å². The van der Waals surface area contributed by atoms with Crippen molar-refractivity contribution in [2.45, 2.75) is 13.3 Å². The van der Waals surface area contributed by atoms with Crippen LogP contribution in [0.1, 0.15) is 12.5 Å². The van der Waals surface area contributed by atoms with Gasteiger partial charge in [0.1, 0.15) is 24.4 Å². The van der Waals surface area contributed by atoms with E-state index < -0.39 is 5.97 Å². The number of hydrogen-bond acceptors (Lipinski definition) is 4. The maximum absolute atomic E-state index is 11.3. The highest BCUT2D eigenvalue weighted by molar-refractivity contribution is 5.83. The second kappa shape index (κ2) is 10.2. The van der Waals surface area contributed by atoms with Gasteiger partial charge in [0.15, 0.2) is 0 Å². The quantitative estimate of drug-likeness (QED) is 0.193. The van der Waals surface area contributed by atoms with E-state index in [9.17, 15) is 9.59 Å². The van der Waals surface area contributed by atoms with E-state index in [1.807, 2.05) is 36.4 Å². The van der Waals surface area contributed by atoms with E-state index in [-0.39, 0.29) is 6.61 Å². The van der Waals surface area contributed by atoms with Gasteiger partial charge in [-0.3, -0.25) is 4.79 Å². The van der Waals surface area contributed by atoms with Gasteiger partial charge in [-0.1, -0.05) is 62.5 Å². The Morgan fingerprint density at radius 3 is 2.13 bits per heavy atom. The van der Waals surface area contributed by atoms with E-state index >= 15 is 0 Å². The minimum absolute atomic E-state index is 0.184. The molecule has 0 bridgehead atoms. The lowest BCUT2D eigenvalue weighted by atomic mass is 9.93. The van der Waals surface area contributed by atoms with Crippen LogP contribution in [0.5, 0.6) is 11.5 Å². The van der Waals surface area contributed by atoms with Gasteiger partial charge in [-0.15, -0.1) is 0 Å². The fourth-order valence-corrected chi connectivity index (χ4v) is 3.16. The van der Waals surface area contributed by atoms with Crippen molar-refractivity contribution < 1.29 is 19.1 Å². The van der Waals surface area contributed by atoms with Crippen molar-refractivity contribution in [3.8, 4) is 33.8 Å². The predicted octanol–water partition coefficient (Wildman–Crippen LogP) is 5.81. The Morgan fingerprint density at radius 1 is 0.903 bits per heavy atom. The van der Waals surface area contributed by atoms with Crippen molar-refractivity contribution in [2.24, 2.45) is 0 Å². The van der Waals surface area contributed by atoms with E-state index in [4.69, 9.17) is 9.47 Å². The molecule has 156 valence electrons. The first kappa shape index (κ1) is 21.8. The van der Waals surface area contributed by atoms with Crippen molar-refractivity contribution >= 4 is 12.3 Å². The number of carbonyl (C=O) groups excluding carboxylic acids is 2. The molecule has 0 aliphatic rings. The zero-order valence-electron chi connectivity index (χ0n) is 17.5.